The van der Waals surface area contributed by atoms with Gasteiger partial charge in [0.15, 0.2) is 0 Å². The number of benzene rings is 1. The summed E-state index contributed by atoms with van der Waals surface area (Å²) in [5.74, 6) is 0. The average molecular weight is 181 g/mol. The third-order valence-corrected chi connectivity index (χ3v) is 2.33. The Balaban J connectivity index is 2.87. The zero-order valence-corrected chi connectivity index (χ0v) is 8.18. The van der Waals surface area contributed by atoms with E-state index in [1.807, 2.05) is 32.0 Å². The van der Waals surface area contributed by atoms with Gasteiger partial charge in [0.25, 0.3) is 0 Å². The largest absolute Gasteiger partial charge is 0.328 e. The first-order chi connectivity index (χ1) is 6.15. The first kappa shape index (κ1) is 10.2. The van der Waals surface area contributed by atoms with Crippen molar-refractivity contribution < 1.29 is 4.39 Å². The molecule has 0 bridgehead atoms. The van der Waals surface area contributed by atoms with Gasteiger partial charge in [-0.05, 0) is 30.5 Å². The van der Waals surface area contributed by atoms with Gasteiger partial charge in [-0.15, -0.1) is 0 Å². The van der Waals surface area contributed by atoms with E-state index in [4.69, 9.17) is 5.73 Å². The molecule has 0 heterocycles. The molecule has 0 saturated heterocycles. The highest BCUT2D eigenvalue weighted by Gasteiger charge is 2.08. The molecule has 0 radical (unpaired) electrons. The van der Waals surface area contributed by atoms with Crippen LogP contribution in [0.25, 0.3) is 0 Å². The van der Waals surface area contributed by atoms with E-state index in [0.717, 1.165) is 16.7 Å². The second-order valence-electron chi connectivity index (χ2n) is 3.41. The van der Waals surface area contributed by atoms with Crippen LogP contribution in [0.3, 0.4) is 0 Å². The van der Waals surface area contributed by atoms with Crippen molar-refractivity contribution in [2.24, 2.45) is 5.73 Å². The molecule has 0 saturated carbocycles. The fourth-order valence-corrected chi connectivity index (χ4v) is 1.48. The van der Waals surface area contributed by atoms with Gasteiger partial charge in [-0.2, -0.15) is 0 Å². The summed E-state index contributed by atoms with van der Waals surface area (Å²) in [6.07, 6.45) is -0.477. The number of aryl methyl sites for hydroxylation is 2. The molecule has 0 fully saturated rings. The molecule has 0 spiro atoms. The molecule has 0 aliphatic carbocycles. The monoisotopic (exact) mass is 181 g/mol. The van der Waals surface area contributed by atoms with Crippen LogP contribution in [-0.4, -0.2) is 12.7 Å². The van der Waals surface area contributed by atoms with Gasteiger partial charge in [-0.3, -0.25) is 0 Å². The van der Waals surface area contributed by atoms with Crippen LogP contribution in [0.2, 0.25) is 0 Å². The molecule has 1 rings (SSSR count). The van der Waals surface area contributed by atoms with Crippen molar-refractivity contribution in [3.8, 4) is 0 Å². The Kier molecular flexibility index (Phi) is 3.43. The number of halogens is 1. The Morgan fingerprint density at radius 1 is 1.31 bits per heavy atom. The molecule has 1 nitrogen and oxygen atoms in total. The molecule has 1 aromatic rings. The van der Waals surface area contributed by atoms with Gasteiger partial charge in [0.2, 0.25) is 0 Å². The minimum absolute atomic E-state index is 0.105. The van der Waals surface area contributed by atoms with Crippen molar-refractivity contribution >= 4 is 0 Å². The van der Waals surface area contributed by atoms with Crippen LogP contribution in [-0.2, 0) is 6.42 Å². The van der Waals surface area contributed by atoms with Crippen molar-refractivity contribution in [2.75, 3.05) is 6.54 Å². The maximum absolute atomic E-state index is 13.1. The van der Waals surface area contributed by atoms with Crippen LogP contribution in [0, 0.1) is 13.8 Å². The van der Waals surface area contributed by atoms with E-state index in [2.05, 4.69) is 0 Å². The van der Waals surface area contributed by atoms with E-state index in [0.29, 0.717) is 6.42 Å². The summed E-state index contributed by atoms with van der Waals surface area (Å²) in [5, 5.41) is 0. The van der Waals surface area contributed by atoms with Crippen molar-refractivity contribution in [1.29, 1.82) is 0 Å². The summed E-state index contributed by atoms with van der Waals surface area (Å²) < 4.78 is 13.1. The lowest BCUT2D eigenvalue weighted by Crippen LogP contribution is -2.18. The molecule has 0 aliphatic heterocycles. The van der Waals surface area contributed by atoms with Crippen LogP contribution in [0.4, 0.5) is 4.39 Å². The summed E-state index contributed by atoms with van der Waals surface area (Å²) >= 11 is 0. The molecule has 1 unspecified atom stereocenters. The fraction of sp³-hybridized carbons (Fsp3) is 0.455. The lowest BCUT2D eigenvalue weighted by Gasteiger charge is -2.11. The first-order valence-corrected chi connectivity index (χ1v) is 4.54. The third-order valence-electron chi connectivity index (χ3n) is 2.33. The molecular weight excluding hydrogens is 165 g/mol. The Hall–Kier alpha value is -0.890. The Morgan fingerprint density at radius 2 is 1.85 bits per heavy atom. The highest BCUT2D eigenvalue weighted by molar-refractivity contribution is 5.33. The SMILES string of the molecule is Cc1cccc(C)c1CC(F)CN. The highest BCUT2D eigenvalue weighted by Crippen LogP contribution is 2.15. The lowest BCUT2D eigenvalue weighted by molar-refractivity contribution is 0.339. The highest BCUT2D eigenvalue weighted by atomic mass is 19.1. The van der Waals surface area contributed by atoms with Crippen LogP contribution in [0.15, 0.2) is 18.2 Å². The normalized spacial score (nSPS) is 12.9. The second-order valence-corrected chi connectivity index (χ2v) is 3.41. The van der Waals surface area contributed by atoms with E-state index in [9.17, 15) is 4.39 Å². The van der Waals surface area contributed by atoms with E-state index in [1.165, 1.54) is 0 Å². The van der Waals surface area contributed by atoms with E-state index >= 15 is 0 Å². The maximum Gasteiger partial charge on any atom is 0.116 e. The zero-order chi connectivity index (χ0) is 9.84. The average Bonchev–Trinajstić information content (AvgIpc) is 2.11. The Bertz CT molecular complexity index is 263. The Labute approximate surface area is 78.8 Å². The summed E-state index contributed by atoms with van der Waals surface area (Å²) in [4.78, 5) is 0. The predicted octanol–water partition coefficient (Wildman–Crippen LogP) is 2.14. The van der Waals surface area contributed by atoms with Gasteiger partial charge in [0, 0.05) is 13.0 Å². The maximum atomic E-state index is 13.1. The van der Waals surface area contributed by atoms with Gasteiger partial charge < -0.3 is 5.73 Å². The minimum atomic E-state index is -0.917. The van der Waals surface area contributed by atoms with Crippen molar-refractivity contribution in [1.82, 2.24) is 0 Å². The standard InChI is InChI=1S/C11H16FN/c1-8-4-3-5-9(2)11(8)6-10(12)7-13/h3-5,10H,6-7,13H2,1-2H3. The van der Waals surface area contributed by atoms with Gasteiger partial charge in [0.05, 0.1) is 0 Å². The molecule has 72 valence electrons. The summed E-state index contributed by atoms with van der Waals surface area (Å²) in [7, 11) is 0. The Morgan fingerprint density at radius 3 is 2.31 bits per heavy atom. The molecule has 2 N–H and O–H groups in total. The smallest absolute Gasteiger partial charge is 0.116 e. The number of alkyl halides is 1. The van der Waals surface area contributed by atoms with Crippen molar-refractivity contribution in [3.05, 3.63) is 34.9 Å². The molecule has 13 heavy (non-hydrogen) atoms. The first-order valence-electron chi connectivity index (χ1n) is 4.54. The summed E-state index contributed by atoms with van der Waals surface area (Å²) in [5.41, 5.74) is 8.64. The molecule has 1 atom stereocenters. The lowest BCUT2D eigenvalue weighted by atomic mass is 9.98. The quantitative estimate of drug-likeness (QED) is 0.759. The van der Waals surface area contributed by atoms with Crippen LogP contribution < -0.4 is 5.73 Å². The number of hydrogen-bond acceptors (Lipinski definition) is 1. The van der Waals surface area contributed by atoms with Crippen LogP contribution >= 0.6 is 0 Å². The summed E-state index contributed by atoms with van der Waals surface area (Å²) in [6.45, 7) is 4.12. The second kappa shape index (κ2) is 4.38. The van der Waals surface area contributed by atoms with E-state index < -0.39 is 6.17 Å². The van der Waals surface area contributed by atoms with Gasteiger partial charge in [-0.1, -0.05) is 18.2 Å². The fourth-order valence-electron chi connectivity index (χ4n) is 1.48. The molecule has 0 aromatic heterocycles. The topological polar surface area (TPSA) is 26.0 Å². The van der Waals surface area contributed by atoms with Gasteiger partial charge in [-0.25, -0.2) is 4.39 Å². The molecule has 2 heteroatoms. The summed E-state index contributed by atoms with van der Waals surface area (Å²) in [6, 6.07) is 6.00. The van der Waals surface area contributed by atoms with Gasteiger partial charge >= 0.3 is 0 Å². The molecule has 1 aromatic carbocycles. The molecule has 0 amide bonds. The number of nitrogens with two attached hydrogens (primary N) is 1. The van der Waals surface area contributed by atoms with E-state index in [-0.39, 0.29) is 6.54 Å². The molecular formula is C11H16FN. The minimum Gasteiger partial charge on any atom is -0.328 e. The number of rotatable bonds is 3. The molecule has 0 aliphatic rings. The van der Waals surface area contributed by atoms with Crippen LogP contribution in [0.1, 0.15) is 16.7 Å². The van der Waals surface area contributed by atoms with Crippen LogP contribution in [0.5, 0.6) is 0 Å². The van der Waals surface area contributed by atoms with Gasteiger partial charge in [0.1, 0.15) is 6.17 Å². The predicted molar refractivity (Wildman–Crippen MR) is 53.6 cm³/mol. The third kappa shape index (κ3) is 2.52. The number of hydrogen-bond donors (Lipinski definition) is 1. The van der Waals surface area contributed by atoms with E-state index in [1.54, 1.807) is 0 Å². The van der Waals surface area contributed by atoms with Crippen molar-refractivity contribution in [3.63, 3.8) is 0 Å². The zero-order valence-electron chi connectivity index (χ0n) is 8.18. The van der Waals surface area contributed by atoms with Crippen molar-refractivity contribution in [2.45, 2.75) is 26.4 Å².